The summed E-state index contributed by atoms with van der Waals surface area (Å²) in [4.78, 5) is 21.9. The summed E-state index contributed by atoms with van der Waals surface area (Å²) in [6.07, 6.45) is 10.1. The number of carbonyl (C=O) groups excluding carboxylic acids is 1. The number of nitrogens with one attached hydrogen (secondary N) is 3. The zero-order valence-electron chi connectivity index (χ0n) is 18.0. The largest absolute Gasteiger partial charge is 0.512 e. The standard InChI is InChI=1S/C25H25N5O2S/c26-20(18-9-6-12-27-15-18)13-21(19-10-4-5-11-22(19)31)30-24(32)23-16-29-25(33-23)28-14-17-7-2-1-3-8-17/h1-4,6-10,12,15-16,21,26,31H,5,11,13-14H2,(H,28,29)(H,30,32). The molecule has 2 aromatic heterocycles. The molecule has 0 saturated heterocycles. The van der Waals surface area contributed by atoms with Crippen molar-refractivity contribution in [2.24, 2.45) is 0 Å². The van der Waals surface area contributed by atoms with Crippen molar-refractivity contribution in [3.8, 4) is 0 Å². The fourth-order valence-electron chi connectivity index (χ4n) is 3.55. The number of anilines is 1. The summed E-state index contributed by atoms with van der Waals surface area (Å²) < 4.78 is 0. The van der Waals surface area contributed by atoms with Crippen LogP contribution in [0.5, 0.6) is 0 Å². The lowest BCUT2D eigenvalue weighted by Gasteiger charge is -2.23. The number of allylic oxidation sites excluding steroid dienone is 2. The van der Waals surface area contributed by atoms with Gasteiger partial charge in [-0.05, 0) is 18.1 Å². The number of amides is 1. The van der Waals surface area contributed by atoms with Crippen LogP contribution in [0.25, 0.3) is 0 Å². The maximum absolute atomic E-state index is 13.0. The van der Waals surface area contributed by atoms with Crippen LogP contribution in [0.2, 0.25) is 0 Å². The number of pyridine rings is 1. The van der Waals surface area contributed by atoms with E-state index in [9.17, 15) is 9.90 Å². The smallest absolute Gasteiger partial charge is 0.263 e. The van der Waals surface area contributed by atoms with E-state index >= 15 is 0 Å². The minimum Gasteiger partial charge on any atom is -0.512 e. The van der Waals surface area contributed by atoms with Gasteiger partial charge in [0.2, 0.25) is 0 Å². The molecule has 4 rings (SSSR count). The molecule has 0 spiro atoms. The van der Waals surface area contributed by atoms with Crippen LogP contribution in [0.4, 0.5) is 5.13 Å². The van der Waals surface area contributed by atoms with E-state index in [1.54, 1.807) is 24.7 Å². The van der Waals surface area contributed by atoms with Crippen LogP contribution in [0.15, 0.2) is 84.5 Å². The number of aliphatic hydroxyl groups excluding tert-OH is 1. The quantitative estimate of drug-likeness (QED) is 0.341. The van der Waals surface area contributed by atoms with Crippen molar-refractivity contribution in [3.63, 3.8) is 0 Å². The van der Waals surface area contributed by atoms with E-state index in [4.69, 9.17) is 5.41 Å². The molecule has 1 unspecified atom stereocenters. The number of carbonyl (C=O) groups is 1. The molecule has 1 atom stereocenters. The van der Waals surface area contributed by atoms with E-state index in [0.29, 0.717) is 39.8 Å². The monoisotopic (exact) mass is 459 g/mol. The summed E-state index contributed by atoms with van der Waals surface area (Å²) in [5, 5.41) is 25.8. The van der Waals surface area contributed by atoms with Crippen LogP contribution in [0.1, 0.15) is 40.1 Å². The van der Waals surface area contributed by atoms with Gasteiger partial charge in [0, 0.05) is 48.6 Å². The molecule has 168 valence electrons. The highest BCUT2D eigenvalue weighted by atomic mass is 32.1. The average Bonchev–Trinajstić information content (AvgIpc) is 3.33. The van der Waals surface area contributed by atoms with E-state index in [1.807, 2.05) is 48.6 Å². The Balaban J connectivity index is 1.46. The summed E-state index contributed by atoms with van der Waals surface area (Å²) in [5.41, 5.74) is 2.78. The number of thiazole rings is 1. The number of nitrogens with zero attached hydrogens (tertiary/aromatic N) is 2. The highest BCUT2D eigenvalue weighted by Gasteiger charge is 2.24. The van der Waals surface area contributed by atoms with Gasteiger partial charge in [0.05, 0.1) is 18.0 Å². The van der Waals surface area contributed by atoms with Gasteiger partial charge in [-0.2, -0.15) is 0 Å². The summed E-state index contributed by atoms with van der Waals surface area (Å²) in [5.74, 6) is -0.0418. The van der Waals surface area contributed by atoms with Gasteiger partial charge in [-0.15, -0.1) is 0 Å². The molecule has 1 aliphatic carbocycles. The highest BCUT2D eigenvalue weighted by molar-refractivity contribution is 7.17. The Morgan fingerprint density at radius 1 is 1.18 bits per heavy atom. The highest BCUT2D eigenvalue weighted by Crippen LogP contribution is 2.24. The lowest BCUT2D eigenvalue weighted by Crippen LogP contribution is -2.38. The van der Waals surface area contributed by atoms with E-state index in [-0.39, 0.29) is 18.1 Å². The molecular weight excluding hydrogens is 434 g/mol. The van der Waals surface area contributed by atoms with Crippen LogP contribution in [0, 0.1) is 5.41 Å². The fourth-order valence-corrected chi connectivity index (χ4v) is 4.27. The summed E-state index contributed by atoms with van der Waals surface area (Å²) in [6.45, 7) is 0.617. The Morgan fingerprint density at radius 2 is 2.03 bits per heavy atom. The topological polar surface area (TPSA) is 111 Å². The zero-order chi connectivity index (χ0) is 23.0. The van der Waals surface area contributed by atoms with E-state index in [1.165, 1.54) is 11.3 Å². The molecule has 3 aromatic rings. The average molecular weight is 460 g/mol. The predicted octanol–water partition coefficient (Wildman–Crippen LogP) is 4.87. The molecule has 0 aliphatic heterocycles. The maximum Gasteiger partial charge on any atom is 0.263 e. The molecule has 0 bridgehead atoms. The van der Waals surface area contributed by atoms with Crippen molar-refractivity contribution in [3.05, 3.63) is 101 Å². The molecule has 0 saturated carbocycles. The van der Waals surface area contributed by atoms with E-state index in [0.717, 1.165) is 12.0 Å². The molecule has 1 aromatic carbocycles. The lowest BCUT2D eigenvalue weighted by molar-refractivity contribution is 0.0947. The molecule has 1 amide bonds. The Bertz CT molecular complexity index is 1170. The summed E-state index contributed by atoms with van der Waals surface area (Å²) in [6, 6.07) is 13.0. The second-order valence-corrected chi connectivity index (χ2v) is 8.69. The van der Waals surface area contributed by atoms with Gasteiger partial charge in [0.25, 0.3) is 5.91 Å². The summed E-state index contributed by atoms with van der Waals surface area (Å²) in [7, 11) is 0. The SMILES string of the molecule is N=C(CC(NC(=O)c1cnc(NCc2ccccc2)s1)C1=C(O)CCC=C1)c1cccnc1. The van der Waals surface area contributed by atoms with E-state index in [2.05, 4.69) is 20.6 Å². The van der Waals surface area contributed by atoms with Crippen LogP contribution < -0.4 is 10.6 Å². The van der Waals surface area contributed by atoms with Crippen molar-refractivity contribution in [1.82, 2.24) is 15.3 Å². The molecule has 33 heavy (non-hydrogen) atoms. The number of aromatic nitrogens is 2. The van der Waals surface area contributed by atoms with Gasteiger partial charge >= 0.3 is 0 Å². The number of aliphatic hydroxyl groups is 1. The zero-order valence-corrected chi connectivity index (χ0v) is 18.8. The fraction of sp³-hybridized carbons (Fsp3) is 0.200. The molecule has 2 heterocycles. The molecular formula is C25H25N5O2S. The lowest BCUT2D eigenvalue weighted by atomic mass is 9.93. The minimum atomic E-state index is -0.537. The first-order valence-corrected chi connectivity index (χ1v) is 11.5. The van der Waals surface area contributed by atoms with Gasteiger partial charge in [-0.25, -0.2) is 4.98 Å². The second kappa shape index (κ2) is 10.7. The third kappa shape index (κ3) is 5.93. The van der Waals surface area contributed by atoms with Crippen molar-refractivity contribution in [2.45, 2.75) is 31.8 Å². The Labute approximate surface area is 196 Å². The van der Waals surface area contributed by atoms with Crippen molar-refractivity contribution >= 4 is 28.1 Å². The van der Waals surface area contributed by atoms with Gasteiger partial charge in [0.15, 0.2) is 5.13 Å². The maximum atomic E-state index is 13.0. The first-order valence-electron chi connectivity index (χ1n) is 10.7. The Morgan fingerprint density at radius 3 is 2.79 bits per heavy atom. The number of rotatable bonds is 9. The third-order valence-electron chi connectivity index (χ3n) is 5.29. The van der Waals surface area contributed by atoms with Crippen molar-refractivity contribution < 1.29 is 9.90 Å². The number of benzene rings is 1. The van der Waals surface area contributed by atoms with Gasteiger partial charge < -0.3 is 21.1 Å². The Kier molecular flexibility index (Phi) is 7.26. The van der Waals surface area contributed by atoms with Gasteiger partial charge in [0.1, 0.15) is 4.88 Å². The van der Waals surface area contributed by atoms with Crippen LogP contribution in [0.3, 0.4) is 0 Å². The molecule has 8 heteroatoms. The molecule has 7 nitrogen and oxygen atoms in total. The molecule has 1 aliphatic rings. The van der Waals surface area contributed by atoms with Crippen LogP contribution in [-0.2, 0) is 6.54 Å². The Hall–Kier alpha value is -3.78. The minimum absolute atomic E-state index is 0.235. The van der Waals surface area contributed by atoms with Crippen LogP contribution >= 0.6 is 11.3 Å². The van der Waals surface area contributed by atoms with E-state index < -0.39 is 6.04 Å². The van der Waals surface area contributed by atoms with Crippen LogP contribution in [-0.4, -0.2) is 32.7 Å². The van der Waals surface area contributed by atoms with Crippen molar-refractivity contribution in [2.75, 3.05) is 5.32 Å². The predicted molar refractivity (Wildman–Crippen MR) is 131 cm³/mol. The third-order valence-corrected chi connectivity index (χ3v) is 6.25. The molecule has 0 radical (unpaired) electrons. The molecule has 0 fully saturated rings. The first kappa shape index (κ1) is 22.4. The molecule has 4 N–H and O–H groups in total. The second-order valence-electron chi connectivity index (χ2n) is 7.66. The normalized spacial score (nSPS) is 14.1. The van der Waals surface area contributed by atoms with Gasteiger partial charge in [-0.3, -0.25) is 9.78 Å². The summed E-state index contributed by atoms with van der Waals surface area (Å²) >= 11 is 1.27. The first-order chi connectivity index (χ1) is 16.1. The number of hydrogen-bond donors (Lipinski definition) is 4. The number of hydrogen-bond acceptors (Lipinski definition) is 7. The van der Waals surface area contributed by atoms with Gasteiger partial charge in [-0.1, -0.05) is 59.9 Å². The van der Waals surface area contributed by atoms with Crippen molar-refractivity contribution in [1.29, 1.82) is 5.41 Å².